The van der Waals surface area contributed by atoms with Gasteiger partial charge in [0, 0.05) is 11.6 Å². The van der Waals surface area contributed by atoms with Gasteiger partial charge in [0.1, 0.15) is 11.5 Å². The van der Waals surface area contributed by atoms with E-state index >= 15 is 0 Å². The summed E-state index contributed by atoms with van der Waals surface area (Å²) < 4.78 is 10.9. The van der Waals surface area contributed by atoms with Gasteiger partial charge in [-0.2, -0.15) is 0 Å². The lowest BCUT2D eigenvalue weighted by Crippen LogP contribution is -2.37. The van der Waals surface area contributed by atoms with Crippen molar-refractivity contribution in [2.24, 2.45) is 5.92 Å². The lowest BCUT2D eigenvalue weighted by molar-refractivity contribution is 0.312. The number of hydrogen-bond donors (Lipinski definition) is 1. The summed E-state index contributed by atoms with van der Waals surface area (Å²) in [4.78, 5) is 0. The maximum absolute atomic E-state index is 5.45. The van der Waals surface area contributed by atoms with Crippen LogP contribution >= 0.6 is 0 Å². The van der Waals surface area contributed by atoms with Gasteiger partial charge in [-0.1, -0.05) is 6.07 Å². The first-order valence-electron chi connectivity index (χ1n) is 6.67. The van der Waals surface area contributed by atoms with E-state index in [9.17, 15) is 0 Å². The fourth-order valence-electron chi connectivity index (χ4n) is 2.65. The predicted molar refractivity (Wildman–Crippen MR) is 73.4 cm³/mol. The minimum Gasteiger partial charge on any atom is -0.496 e. The molecule has 1 heterocycles. The largest absolute Gasteiger partial charge is 0.496 e. The second kappa shape index (κ2) is 6.10. The van der Waals surface area contributed by atoms with Crippen LogP contribution in [0.1, 0.15) is 25.3 Å². The smallest absolute Gasteiger partial charge is 0.125 e. The first kappa shape index (κ1) is 13.2. The minimum atomic E-state index is 0.654. The standard InChI is InChI=1S/C15H23NO2/c1-11-7-8-12(10-16-11)9-13-14(17-2)5-4-6-15(13)18-3/h4-6,11-12,16H,7-10H2,1-3H3. The van der Waals surface area contributed by atoms with Crippen LogP contribution in [-0.4, -0.2) is 26.8 Å². The van der Waals surface area contributed by atoms with Crippen LogP contribution < -0.4 is 14.8 Å². The molecule has 0 saturated carbocycles. The van der Waals surface area contributed by atoms with Gasteiger partial charge in [-0.15, -0.1) is 0 Å². The molecular formula is C15H23NO2. The molecule has 1 aromatic carbocycles. The van der Waals surface area contributed by atoms with Gasteiger partial charge in [0.15, 0.2) is 0 Å². The number of nitrogens with one attached hydrogen (secondary N) is 1. The average Bonchev–Trinajstić information content (AvgIpc) is 2.41. The van der Waals surface area contributed by atoms with Crippen LogP contribution in [0.15, 0.2) is 18.2 Å². The first-order chi connectivity index (χ1) is 8.74. The number of rotatable bonds is 4. The third kappa shape index (κ3) is 2.96. The molecule has 3 nitrogen and oxygen atoms in total. The molecule has 0 aromatic heterocycles. The quantitative estimate of drug-likeness (QED) is 0.890. The van der Waals surface area contributed by atoms with Gasteiger partial charge in [0.25, 0.3) is 0 Å². The molecule has 0 aliphatic carbocycles. The second-order valence-electron chi connectivity index (χ2n) is 5.10. The van der Waals surface area contributed by atoms with E-state index < -0.39 is 0 Å². The molecule has 1 saturated heterocycles. The Morgan fingerprint density at radius 2 is 1.83 bits per heavy atom. The monoisotopic (exact) mass is 249 g/mol. The summed E-state index contributed by atoms with van der Waals surface area (Å²) in [6.45, 7) is 3.34. The molecule has 0 radical (unpaired) electrons. The topological polar surface area (TPSA) is 30.5 Å². The Balaban J connectivity index is 2.12. The van der Waals surface area contributed by atoms with Gasteiger partial charge in [0.2, 0.25) is 0 Å². The Kier molecular flexibility index (Phi) is 4.48. The zero-order valence-corrected chi connectivity index (χ0v) is 11.5. The number of benzene rings is 1. The summed E-state index contributed by atoms with van der Waals surface area (Å²) in [5.41, 5.74) is 1.20. The van der Waals surface area contributed by atoms with E-state index in [1.54, 1.807) is 14.2 Å². The van der Waals surface area contributed by atoms with Crippen molar-refractivity contribution in [1.29, 1.82) is 0 Å². The number of ether oxygens (including phenoxy) is 2. The average molecular weight is 249 g/mol. The molecule has 2 atom stereocenters. The van der Waals surface area contributed by atoms with Crippen molar-refractivity contribution in [2.75, 3.05) is 20.8 Å². The molecule has 100 valence electrons. The third-order valence-electron chi connectivity index (χ3n) is 3.79. The molecule has 18 heavy (non-hydrogen) atoms. The van der Waals surface area contributed by atoms with Crippen LogP contribution in [0.3, 0.4) is 0 Å². The first-order valence-corrected chi connectivity index (χ1v) is 6.67. The summed E-state index contributed by atoms with van der Waals surface area (Å²) in [7, 11) is 3.44. The SMILES string of the molecule is COc1cccc(OC)c1CC1CCC(C)NC1. The van der Waals surface area contributed by atoms with Crippen LogP contribution in [0.25, 0.3) is 0 Å². The van der Waals surface area contributed by atoms with Crippen LogP contribution in [0, 0.1) is 5.92 Å². The summed E-state index contributed by atoms with van der Waals surface area (Å²) in [5, 5.41) is 3.55. The normalized spacial score (nSPS) is 23.7. The predicted octanol–water partition coefficient (Wildman–Crippen LogP) is 2.63. The van der Waals surface area contributed by atoms with Crippen LogP contribution in [0.4, 0.5) is 0 Å². The van der Waals surface area contributed by atoms with Crippen molar-refractivity contribution in [1.82, 2.24) is 5.32 Å². The molecule has 0 amide bonds. The number of methoxy groups -OCH3 is 2. The summed E-state index contributed by atoms with van der Waals surface area (Å²) in [6, 6.07) is 6.65. The van der Waals surface area contributed by atoms with E-state index in [-0.39, 0.29) is 0 Å². The molecule has 1 aliphatic heterocycles. The Bertz CT molecular complexity index is 362. The molecule has 1 fully saturated rings. The molecule has 2 rings (SSSR count). The Morgan fingerprint density at radius 3 is 2.33 bits per heavy atom. The Labute approximate surface area is 109 Å². The highest BCUT2D eigenvalue weighted by molar-refractivity contribution is 5.45. The Morgan fingerprint density at radius 1 is 1.17 bits per heavy atom. The zero-order chi connectivity index (χ0) is 13.0. The van der Waals surface area contributed by atoms with Gasteiger partial charge in [-0.3, -0.25) is 0 Å². The highest BCUT2D eigenvalue weighted by Crippen LogP contribution is 2.32. The minimum absolute atomic E-state index is 0.654. The van der Waals surface area contributed by atoms with Crippen molar-refractivity contribution in [3.8, 4) is 11.5 Å². The molecule has 2 unspecified atom stereocenters. The molecular weight excluding hydrogens is 226 g/mol. The van der Waals surface area contributed by atoms with Crippen molar-refractivity contribution in [3.63, 3.8) is 0 Å². The summed E-state index contributed by atoms with van der Waals surface area (Å²) in [6.07, 6.45) is 3.55. The lowest BCUT2D eigenvalue weighted by Gasteiger charge is -2.28. The van der Waals surface area contributed by atoms with Crippen molar-refractivity contribution in [3.05, 3.63) is 23.8 Å². The highest BCUT2D eigenvalue weighted by atomic mass is 16.5. The van der Waals surface area contributed by atoms with Crippen molar-refractivity contribution < 1.29 is 9.47 Å². The van der Waals surface area contributed by atoms with Crippen molar-refractivity contribution >= 4 is 0 Å². The van der Waals surface area contributed by atoms with Crippen molar-refractivity contribution in [2.45, 2.75) is 32.2 Å². The molecule has 0 bridgehead atoms. The van der Waals surface area contributed by atoms with E-state index in [0.29, 0.717) is 12.0 Å². The van der Waals surface area contributed by atoms with Crippen LogP contribution in [0.5, 0.6) is 11.5 Å². The maximum atomic E-state index is 5.45. The van der Waals surface area contributed by atoms with Gasteiger partial charge < -0.3 is 14.8 Å². The molecule has 3 heteroatoms. The van der Waals surface area contributed by atoms with E-state index in [2.05, 4.69) is 12.2 Å². The van der Waals surface area contributed by atoms with Gasteiger partial charge in [-0.05, 0) is 50.8 Å². The van der Waals surface area contributed by atoms with E-state index in [4.69, 9.17) is 9.47 Å². The van der Waals surface area contributed by atoms with E-state index in [1.165, 1.54) is 18.4 Å². The van der Waals surface area contributed by atoms with Gasteiger partial charge in [0.05, 0.1) is 14.2 Å². The number of piperidine rings is 1. The molecule has 0 spiro atoms. The zero-order valence-electron chi connectivity index (χ0n) is 11.5. The van der Waals surface area contributed by atoms with E-state index in [0.717, 1.165) is 24.5 Å². The Hall–Kier alpha value is -1.22. The van der Waals surface area contributed by atoms with Gasteiger partial charge >= 0.3 is 0 Å². The highest BCUT2D eigenvalue weighted by Gasteiger charge is 2.21. The third-order valence-corrected chi connectivity index (χ3v) is 3.79. The summed E-state index contributed by atoms with van der Waals surface area (Å²) >= 11 is 0. The molecule has 1 aliphatic rings. The summed E-state index contributed by atoms with van der Waals surface area (Å²) in [5.74, 6) is 2.55. The molecule has 1 aromatic rings. The fourth-order valence-corrected chi connectivity index (χ4v) is 2.65. The second-order valence-corrected chi connectivity index (χ2v) is 5.10. The number of hydrogen-bond acceptors (Lipinski definition) is 3. The fraction of sp³-hybridized carbons (Fsp3) is 0.600. The molecule has 1 N–H and O–H groups in total. The maximum Gasteiger partial charge on any atom is 0.125 e. The van der Waals surface area contributed by atoms with Crippen LogP contribution in [-0.2, 0) is 6.42 Å². The van der Waals surface area contributed by atoms with Crippen LogP contribution in [0.2, 0.25) is 0 Å². The van der Waals surface area contributed by atoms with Gasteiger partial charge in [-0.25, -0.2) is 0 Å². The van der Waals surface area contributed by atoms with E-state index in [1.807, 2.05) is 18.2 Å². The lowest BCUT2D eigenvalue weighted by atomic mass is 9.89.